The molecule has 1 amide bonds. The molecule has 2 rings (SSSR count). The first kappa shape index (κ1) is 18.5. The van der Waals surface area contributed by atoms with Crippen LogP contribution in [0.1, 0.15) is 29.4 Å². The van der Waals surface area contributed by atoms with E-state index in [-0.39, 0.29) is 16.9 Å². The standard InChI is InChI=1S/C15H18N4O5S/c1-3-8-16-13(20)10-6-4-5-7-11(10)19-25(23,24)12-9(2)17-15(22)18-14(12)21/h4-7,19H,3,8H2,1-2H3,(H,16,20)(H2,17,18,21,22). The van der Waals surface area contributed by atoms with Gasteiger partial charge >= 0.3 is 5.69 Å². The van der Waals surface area contributed by atoms with E-state index in [2.05, 4.69) is 15.0 Å². The number of aryl methyl sites for hydroxylation is 1. The molecule has 1 heterocycles. The maximum absolute atomic E-state index is 12.6. The Labute approximate surface area is 143 Å². The molecule has 0 fully saturated rings. The van der Waals surface area contributed by atoms with E-state index in [1.54, 1.807) is 12.1 Å². The molecule has 0 saturated carbocycles. The summed E-state index contributed by atoms with van der Waals surface area (Å²) in [6.07, 6.45) is 0.728. The van der Waals surface area contributed by atoms with Gasteiger partial charge in [0.1, 0.15) is 0 Å². The summed E-state index contributed by atoms with van der Waals surface area (Å²) in [5.41, 5.74) is -1.80. The molecule has 134 valence electrons. The number of sulfonamides is 1. The molecule has 0 bridgehead atoms. The summed E-state index contributed by atoms with van der Waals surface area (Å²) >= 11 is 0. The van der Waals surface area contributed by atoms with Crippen molar-refractivity contribution in [2.75, 3.05) is 11.3 Å². The third kappa shape index (κ3) is 4.15. The first-order valence-electron chi connectivity index (χ1n) is 7.49. The summed E-state index contributed by atoms with van der Waals surface area (Å²) in [4.78, 5) is 38.7. The van der Waals surface area contributed by atoms with Crippen LogP contribution in [0.2, 0.25) is 0 Å². The average Bonchev–Trinajstić information content (AvgIpc) is 2.51. The summed E-state index contributed by atoms with van der Waals surface area (Å²) in [5, 5.41) is 2.66. The van der Waals surface area contributed by atoms with Crippen molar-refractivity contribution in [3.05, 3.63) is 56.4 Å². The van der Waals surface area contributed by atoms with E-state index in [4.69, 9.17) is 0 Å². The van der Waals surface area contributed by atoms with E-state index >= 15 is 0 Å². The van der Waals surface area contributed by atoms with Crippen LogP contribution in [0.4, 0.5) is 5.69 Å². The molecule has 0 aliphatic rings. The van der Waals surface area contributed by atoms with E-state index in [1.165, 1.54) is 19.1 Å². The van der Waals surface area contributed by atoms with Crippen LogP contribution in [0.3, 0.4) is 0 Å². The number of nitrogens with one attached hydrogen (secondary N) is 4. The van der Waals surface area contributed by atoms with Crippen LogP contribution in [0, 0.1) is 6.92 Å². The number of anilines is 1. The fourth-order valence-electron chi connectivity index (χ4n) is 2.21. The number of benzene rings is 1. The van der Waals surface area contributed by atoms with Gasteiger partial charge in [0, 0.05) is 12.2 Å². The molecule has 1 aromatic heterocycles. The number of carbonyl (C=O) groups is 1. The molecular weight excluding hydrogens is 348 g/mol. The Morgan fingerprint density at radius 2 is 1.84 bits per heavy atom. The Morgan fingerprint density at radius 3 is 2.48 bits per heavy atom. The Hall–Kier alpha value is -2.88. The van der Waals surface area contributed by atoms with E-state index in [0.29, 0.717) is 6.54 Å². The average molecular weight is 366 g/mol. The minimum absolute atomic E-state index is 0.0288. The van der Waals surface area contributed by atoms with Crippen LogP contribution in [-0.2, 0) is 10.0 Å². The highest BCUT2D eigenvalue weighted by Crippen LogP contribution is 2.19. The molecule has 0 atom stereocenters. The van der Waals surface area contributed by atoms with Crippen molar-refractivity contribution in [2.45, 2.75) is 25.2 Å². The van der Waals surface area contributed by atoms with Gasteiger partial charge in [0.15, 0.2) is 4.90 Å². The minimum atomic E-state index is -4.31. The van der Waals surface area contributed by atoms with Crippen molar-refractivity contribution in [3.8, 4) is 0 Å². The topological polar surface area (TPSA) is 141 Å². The van der Waals surface area contributed by atoms with Crippen molar-refractivity contribution in [2.24, 2.45) is 0 Å². The zero-order chi connectivity index (χ0) is 18.6. The van der Waals surface area contributed by atoms with Gasteiger partial charge in [0.05, 0.1) is 11.3 Å². The van der Waals surface area contributed by atoms with E-state index in [9.17, 15) is 22.8 Å². The Morgan fingerprint density at radius 1 is 1.16 bits per heavy atom. The highest BCUT2D eigenvalue weighted by molar-refractivity contribution is 7.92. The SMILES string of the molecule is CCCNC(=O)c1ccccc1NS(=O)(=O)c1c(C)[nH]c(=O)[nH]c1=O. The number of carbonyl (C=O) groups excluding carboxylic acids is 1. The first-order chi connectivity index (χ1) is 11.8. The lowest BCUT2D eigenvalue weighted by Gasteiger charge is -2.13. The molecule has 2 aromatic rings. The van der Waals surface area contributed by atoms with Crippen molar-refractivity contribution in [1.82, 2.24) is 15.3 Å². The van der Waals surface area contributed by atoms with Gasteiger partial charge in [-0.25, -0.2) is 13.2 Å². The number of hydrogen-bond donors (Lipinski definition) is 4. The van der Waals surface area contributed by atoms with Crippen molar-refractivity contribution in [3.63, 3.8) is 0 Å². The molecule has 0 aliphatic carbocycles. The van der Waals surface area contributed by atoms with Gasteiger partial charge < -0.3 is 10.3 Å². The molecule has 0 saturated heterocycles. The second kappa shape index (κ2) is 7.34. The van der Waals surface area contributed by atoms with Crippen molar-refractivity contribution >= 4 is 21.6 Å². The largest absolute Gasteiger partial charge is 0.352 e. The Kier molecular flexibility index (Phi) is 5.42. The molecule has 0 unspecified atom stereocenters. The molecule has 10 heteroatoms. The summed E-state index contributed by atoms with van der Waals surface area (Å²) in [6, 6.07) is 6.02. The summed E-state index contributed by atoms with van der Waals surface area (Å²) < 4.78 is 27.3. The number of para-hydroxylation sites is 1. The Balaban J connectivity index is 2.45. The van der Waals surface area contributed by atoms with Crippen LogP contribution in [0.15, 0.2) is 38.8 Å². The first-order valence-corrected chi connectivity index (χ1v) is 8.98. The van der Waals surface area contributed by atoms with E-state index in [1.807, 2.05) is 11.9 Å². The van der Waals surface area contributed by atoms with Crippen LogP contribution >= 0.6 is 0 Å². The maximum Gasteiger partial charge on any atom is 0.325 e. The van der Waals surface area contributed by atoms with Crippen LogP contribution in [0.5, 0.6) is 0 Å². The number of aromatic nitrogens is 2. The molecular formula is C15H18N4O5S. The zero-order valence-electron chi connectivity index (χ0n) is 13.7. The summed E-state index contributed by atoms with van der Waals surface area (Å²) in [6.45, 7) is 3.63. The highest BCUT2D eigenvalue weighted by Gasteiger charge is 2.24. The monoisotopic (exact) mass is 366 g/mol. The predicted molar refractivity (Wildman–Crippen MR) is 92.3 cm³/mol. The van der Waals surface area contributed by atoms with Gasteiger partial charge in [-0.2, -0.15) is 0 Å². The van der Waals surface area contributed by atoms with Crippen molar-refractivity contribution in [1.29, 1.82) is 0 Å². The lowest BCUT2D eigenvalue weighted by atomic mass is 10.1. The maximum atomic E-state index is 12.6. The van der Waals surface area contributed by atoms with Crippen LogP contribution < -0.4 is 21.3 Å². The summed E-state index contributed by atoms with van der Waals surface area (Å²) in [5.74, 6) is -0.438. The number of rotatable bonds is 6. The number of hydrogen-bond acceptors (Lipinski definition) is 5. The van der Waals surface area contributed by atoms with Crippen LogP contribution in [-0.4, -0.2) is 30.8 Å². The van der Waals surface area contributed by atoms with Gasteiger partial charge in [0.2, 0.25) is 0 Å². The quantitative estimate of drug-likeness (QED) is 0.582. The normalized spacial score (nSPS) is 11.1. The van der Waals surface area contributed by atoms with Gasteiger partial charge in [-0.1, -0.05) is 19.1 Å². The zero-order valence-corrected chi connectivity index (χ0v) is 14.5. The third-order valence-electron chi connectivity index (χ3n) is 3.30. The molecule has 4 N–H and O–H groups in total. The molecule has 25 heavy (non-hydrogen) atoms. The Bertz CT molecular complexity index is 1010. The fraction of sp³-hybridized carbons (Fsp3) is 0.267. The van der Waals surface area contributed by atoms with E-state index in [0.717, 1.165) is 6.42 Å². The van der Waals surface area contributed by atoms with Crippen molar-refractivity contribution < 1.29 is 13.2 Å². The number of H-pyrrole nitrogens is 2. The molecule has 1 aromatic carbocycles. The number of aromatic amines is 2. The second-order valence-corrected chi connectivity index (χ2v) is 6.89. The predicted octanol–water partition coefficient (Wildman–Crippen LogP) is 0.312. The molecule has 9 nitrogen and oxygen atoms in total. The molecule has 0 aliphatic heterocycles. The third-order valence-corrected chi connectivity index (χ3v) is 4.81. The van der Waals surface area contributed by atoms with Gasteiger partial charge in [-0.3, -0.25) is 19.3 Å². The lowest BCUT2D eigenvalue weighted by Crippen LogP contribution is -2.32. The smallest absolute Gasteiger partial charge is 0.325 e. The number of amides is 1. The summed E-state index contributed by atoms with van der Waals surface area (Å²) in [7, 11) is -4.31. The second-order valence-electron chi connectivity index (χ2n) is 5.27. The highest BCUT2D eigenvalue weighted by atomic mass is 32.2. The lowest BCUT2D eigenvalue weighted by molar-refractivity contribution is 0.0954. The fourth-order valence-corrected chi connectivity index (χ4v) is 3.53. The van der Waals surface area contributed by atoms with Gasteiger partial charge in [0.25, 0.3) is 21.5 Å². The van der Waals surface area contributed by atoms with E-state index < -0.39 is 32.1 Å². The minimum Gasteiger partial charge on any atom is -0.352 e. The molecule has 0 radical (unpaired) electrons. The van der Waals surface area contributed by atoms with Crippen LogP contribution in [0.25, 0.3) is 0 Å². The molecule has 0 spiro atoms. The van der Waals surface area contributed by atoms with Gasteiger partial charge in [-0.15, -0.1) is 0 Å². The van der Waals surface area contributed by atoms with Gasteiger partial charge in [-0.05, 0) is 25.5 Å².